The largest absolute Gasteiger partial charge is 0.439 e. The van der Waals surface area contributed by atoms with Gasteiger partial charge >= 0.3 is 5.69 Å². The summed E-state index contributed by atoms with van der Waals surface area (Å²) in [5, 5.41) is 19.9. The first-order valence-electron chi connectivity index (χ1n) is 5.09. The van der Waals surface area contributed by atoms with Crippen molar-refractivity contribution in [2.45, 2.75) is 0 Å². The zero-order chi connectivity index (χ0) is 13.8. The summed E-state index contributed by atoms with van der Waals surface area (Å²) in [6.07, 6.45) is 0. The van der Waals surface area contributed by atoms with Gasteiger partial charge in [-0.3, -0.25) is 10.1 Å². The SMILES string of the molecule is N#Cc1nc(Oc2cccc(Cl)c2)ccc1[N+](=O)[O-]. The molecule has 0 aliphatic heterocycles. The number of pyridine rings is 1. The summed E-state index contributed by atoms with van der Waals surface area (Å²) >= 11 is 5.79. The Morgan fingerprint density at radius 3 is 2.79 bits per heavy atom. The summed E-state index contributed by atoms with van der Waals surface area (Å²) in [6.45, 7) is 0. The molecule has 0 radical (unpaired) electrons. The zero-order valence-corrected chi connectivity index (χ0v) is 10.2. The van der Waals surface area contributed by atoms with Gasteiger partial charge in [-0.05, 0) is 18.2 Å². The van der Waals surface area contributed by atoms with Crippen LogP contribution < -0.4 is 4.74 Å². The van der Waals surface area contributed by atoms with E-state index in [-0.39, 0.29) is 17.3 Å². The molecular weight excluding hydrogens is 270 g/mol. The molecule has 19 heavy (non-hydrogen) atoms. The van der Waals surface area contributed by atoms with Crippen molar-refractivity contribution in [1.82, 2.24) is 4.98 Å². The molecule has 1 aromatic heterocycles. The highest BCUT2D eigenvalue weighted by Gasteiger charge is 2.16. The molecule has 0 atom stereocenters. The first-order chi connectivity index (χ1) is 9.10. The van der Waals surface area contributed by atoms with Gasteiger partial charge in [-0.2, -0.15) is 10.2 Å². The molecule has 0 N–H and O–H groups in total. The maximum atomic E-state index is 10.7. The highest BCUT2D eigenvalue weighted by atomic mass is 35.5. The number of nitriles is 1. The van der Waals surface area contributed by atoms with Crippen molar-refractivity contribution < 1.29 is 9.66 Å². The van der Waals surface area contributed by atoms with Crippen LogP contribution in [-0.4, -0.2) is 9.91 Å². The molecule has 0 fully saturated rings. The third kappa shape index (κ3) is 2.97. The molecule has 1 aromatic carbocycles. The fourth-order valence-electron chi connectivity index (χ4n) is 1.37. The molecule has 0 bridgehead atoms. The number of ether oxygens (including phenoxy) is 1. The Morgan fingerprint density at radius 2 is 2.16 bits per heavy atom. The number of benzene rings is 1. The van der Waals surface area contributed by atoms with Crippen LogP contribution in [-0.2, 0) is 0 Å². The van der Waals surface area contributed by atoms with Crippen molar-refractivity contribution in [3.8, 4) is 17.7 Å². The van der Waals surface area contributed by atoms with E-state index in [4.69, 9.17) is 21.6 Å². The van der Waals surface area contributed by atoms with Gasteiger partial charge in [0.2, 0.25) is 11.6 Å². The van der Waals surface area contributed by atoms with E-state index >= 15 is 0 Å². The molecular formula is C12H6ClN3O3. The van der Waals surface area contributed by atoms with Crippen molar-refractivity contribution in [2.75, 3.05) is 0 Å². The maximum absolute atomic E-state index is 10.7. The Balaban J connectivity index is 2.32. The Labute approximate surface area is 113 Å². The second kappa shape index (κ2) is 5.33. The van der Waals surface area contributed by atoms with E-state index in [0.717, 1.165) is 0 Å². The first kappa shape index (κ1) is 12.8. The van der Waals surface area contributed by atoms with Gasteiger partial charge in [0, 0.05) is 17.2 Å². The molecule has 0 unspecified atom stereocenters. The predicted molar refractivity (Wildman–Crippen MR) is 67.1 cm³/mol. The summed E-state index contributed by atoms with van der Waals surface area (Å²) in [6, 6.07) is 10.7. The fraction of sp³-hybridized carbons (Fsp3) is 0. The average Bonchev–Trinajstić information content (AvgIpc) is 2.38. The highest BCUT2D eigenvalue weighted by molar-refractivity contribution is 6.30. The lowest BCUT2D eigenvalue weighted by atomic mass is 10.3. The van der Waals surface area contributed by atoms with Crippen LogP contribution in [0, 0.1) is 21.4 Å². The van der Waals surface area contributed by atoms with Gasteiger partial charge in [0.1, 0.15) is 11.8 Å². The fourth-order valence-corrected chi connectivity index (χ4v) is 1.55. The van der Waals surface area contributed by atoms with Gasteiger partial charge in [-0.1, -0.05) is 17.7 Å². The minimum Gasteiger partial charge on any atom is -0.439 e. The molecule has 0 saturated heterocycles. The molecule has 0 saturated carbocycles. The van der Waals surface area contributed by atoms with Crippen LogP contribution in [0.4, 0.5) is 5.69 Å². The van der Waals surface area contributed by atoms with Crippen LogP contribution in [0.25, 0.3) is 0 Å². The highest BCUT2D eigenvalue weighted by Crippen LogP contribution is 2.25. The lowest BCUT2D eigenvalue weighted by Crippen LogP contribution is -1.97. The van der Waals surface area contributed by atoms with Gasteiger partial charge in [0.25, 0.3) is 0 Å². The summed E-state index contributed by atoms with van der Waals surface area (Å²) < 4.78 is 5.37. The van der Waals surface area contributed by atoms with E-state index in [2.05, 4.69) is 4.98 Å². The summed E-state index contributed by atoms with van der Waals surface area (Å²) in [5.74, 6) is 0.516. The number of hydrogen-bond donors (Lipinski definition) is 0. The normalized spacial score (nSPS) is 9.68. The van der Waals surface area contributed by atoms with Crippen LogP contribution in [0.1, 0.15) is 5.69 Å². The van der Waals surface area contributed by atoms with E-state index < -0.39 is 4.92 Å². The van der Waals surface area contributed by atoms with E-state index in [1.54, 1.807) is 30.3 Å². The monoisotopic (exact) mass is 275 g/mol. The Bertz CT molecular complexity index is 682. The Kier molecular flexibility index (Phi) is 3.59. The van der Waals surface area contributed by atoms with E-state index in [1.165, 1.54) is 12.1 Å². The lowest BCUT2D eigenvalue weighted by Gasteiger charge is -2.04. The maximum Gasteiger partial charge on any atom is 0.305 e. The van der Waals surface area contributed by atoms with E-state index in [9.17, 15) is 10.1 Å². The van der Waals surface area contributed by atoms with Gasteiger partial charge in [0.15, 0.2) is 0 Å². The minimum atomic E-state index is -0.672. The Morgan fingerprint density at radius 1 is 1.37 bits per heavy atom. The van der Waals surface area contributed by atoms with Crippen molar-refractivity contribution in [1.29, 1.82) is 5.26 Å². The molecule has 94 valence electrons. The molecule has 2 aromatic rings. The van der Waals surface area contributed by atoms with Crippen molar-refractivity contribution in [2.24, 2.45) is 0 Å². The number of aromatic nitrogens is 1. The molecule has 7 heteroatoms. The summed E-state index contributed by atoms with van der Waals surface area (Å²) in [7, 11) is 0. The number of halogens is 1. The molecule has 0 aliphatic carbocycles. The van der Waals surface area contributed by atoms with Crippen LogP contribution in [0.5, 0.6) is 11.6 Å². The summed E-state index contributed by atoms with van der Waals surface area (Å²) in [4.78, 5) is 13.7. The van der Waals surface area contributed by atoms with Crippen LogP contribution >= 0.6 is 11.6 Å². The number of nitro groups is 1. The molecule has 6 nitrogen and oxygen atoms in total. The third-order valence-electron chi connectivity index (χ3n) is 2.17. The third-order valence-corrected chi connectivity index (χ3v) is 2.40. The standard InChI is InChI=1S/C12H6ClN3O3/c13-8-2-1-3-9(6-8)19-12-5-4-11(16(17)18)10(7-14)15-12/h1-6H. The van der Waals surface area contributed by atoms with E-state index in [0.29, 0.717) is 10.8 Å². The van der Waals surface area contributed by atoms with Crippen molar-refractivity contribution >= 4 is 17.3 Å². The van der Waals surface area contributed by atoms with Gasteiger partial charge < -0.3 is 4.74 Å². The molecule has 0 aliphatic rings. The van der Waals surface area contributed by atoms with Gasteiger partial charge in [0.05, 0.1) is 4.92 Å². The molecule has 1 heterocycles. The van der Waals surface area contributed by atoms with Crippen LogP contribution in [0.15, 0.2) is 36.4 Å². The second-order valence-electron chi connectivity index (χ2n) is 3.45. The lowest BCUT2D eigenvalue weighted by molar-refractivity contribution is -0.385. The predicted octanol–water partition coefficient (Wildman–Crippen LogP) is 3.31. The summed E-state index contributed by atoms with van der Waals surface area (Å²) in [5.41, 5.74) is -0.662. The van der Waals surface area contributed by atoms with Gasteiger partial charge in [-0.15, -0.1) is 0 Å². The first-order valence-corrected chi connectivity index (χ1v) is 5.47. The van der Waals surface area contributed by atoms with Gasteiger partial charge in [-0.25, -0.2) is 0 Å². The molecule has 0 amide bonds. The smallest absolute Gasteiger partial charge is 0.305 e. The van der Waals surface area contributed by atoms with Crippen LogP contribution in [0.2, 0.25) is 5.02 Å². The minimum absolute atomic E-state index is 0.0874. The average molecular weight is 276 g/mol. The zero-order valence-electron chi connectivity index (χ0n) is 9.41. The van der Waals surface area contributed by atoms with E-state index in [1.807, 2.05) is 0 Å². The second-order valence-corrected chi connectivity index (χ2v) is 3.88. The van der Waals surface area contributed by atoms with Crippen molar-refractivity contribution in [3.05, 3.63) is 57.2 Å². The number of rotatable bonds is 3. The molecule has 0 spiro atoms. The number of nitrogens with zero attached hydrogens (tertiary/aromatic N) is 3. The van der Waals surface area contributed by atoms with Crippen molar-refractivity contribution in [3.63, 3.8) is 0 Å². The molecule has 2 rings (SSSR count). The quantitative estimate of drug-likeness (QED) is 0.633. The number of hydrogen-bond acceptors (Lipinski definition) is 5. The topological polar surface area (TPSA) is 89.0 Å². The van der Waals surface area contributed by atoms with Crippen LogP contribution in [0.3, 0.4) is 0 Å². The Hall–Kier alpha value is -2.65.